The van der Waals surface area contributed by atoms with Gasteiger partial charge in [0.05, 0.1) is 5.69 Å². The van der Waals surface area contributed by atoms with Crippen LogP contribution in [0.4, 0.5) is 0 Å². The van der Waals surface area contributed by atoms with Crippen LogP contribution >= 0.6 is 23.1 Å². The average molecular weight is 539 g/mol. The minimum Gasteiger partial charge on any atom is -0.507 e. The Morgan fingerprint density at radius 2 is 1.54 bits per heavy atom. The normalized spacial score (nSPS) is 13.4. The number of rotatable bonds is 9. The largest absolute Gasteiger partial charge is 0.507 e. The lowest BCUT2D eigenvalue weighted by Crippen LogP contribution is -2.17. The Bertz CT molecular complexity index is 1150. The Labute approximate surface area is 233 Å². The van der Waals surface area contributed by atoms with Crippen molar-refractivity contribution in [2.75, 3.05) is 13.6 Å². The van der Waals surface area contributed by atoms with Crippen molar-refractivity contribution in [2.24, 2.45) is 0 Å². The second kappa shape index (κ2) is 11.9. The van der Waals surface area contributed by atoms with Gasteiger partial charge in [0.2, 0.25) is 0 Å². The van der Waals surface area contributed by atoms with E-state index >= 15 is 0 Å². The number of aryl methyl sites for hydroxylation is 1. The topological polar surface area (TPSA) is 36.4 Å². The van der Waals surface area contributed by atoms with Gasteiger partial charge in [-0.05, 0) is 60.7 Å². The summed E-state index contributed by atoms with van der Waals surface area (Å²) < 4.78 is 0. The highest BCUT2D eigenvalue weighted by molar-refractivity contribution is 8.00. The molecule has 0 aliphatic rings. The van der Waals surface area contributed by atoms with E-state index in [4.69, 9.17) is 4.98 Å². The molecule has 0 spiro atoms. The quantitative estimate of drug-likeness (QED) is 0.276. The first kappa shape index (κ1) is 29.7. The maximum absolute atomic E-state index is 11.1. The average Bonchev–Trinajstić information content (AvgIpc) is 3.21. The first-order chi connectivity index (χ1) is 17.2. The molecule has 0 saturated carbocycles. The fourth-order valence-corrected chi connectivity index (χ4v) is 6.50. The minimum absolute atomic E-state index is 0.152. The highest BCUT2D eigenvalue weighted by Crippen LogP contribution is 2.43. The van der Waals surface area contributed by atoms with E-state index in [0.29, 0.717) is 11.0 Å². The van der Waals surface area contributed by atoms with Crippen LogP contribution < -0.4 is 0 Å². The highest BCUT2D eigenvalue weighted by atomic mass is 32.2. The molecule has 0 saturated heterocycles. The van der Waals surface area contributed by atoms with Crippen molar-refractivity contribution < 1.29 is 5.11 Å². The number of nitrogens with zero attached hydrogens (tertiary/aromatic N) is 2. The molecule has 37 heavy (non-hydrogen) atoms. The van der Waals surface area contributed by atoms with E-state index < -0.39 is 0 Å². The molecule has 0 fully saturated rings. The number of hydrogen-bond donors (Lipinski definition) is 1. The molecule has 5 heteroatoms. The van der Waals surface area contributed by atoms with Crippen molar-refractivity contribution in [1.29, 1.82) is 0 Å². The molecule has 1 N–H and O–H groups in total. The molecule has 1 aromatic heterocycles. The summed E-state index contributed by atoms with van der Waals surface area (Å²) in [4.78, 5) is 10.2. The van der Waals surface area contributed by atoms with Gasteiger partial charge >= 0.3 is 0 Å². The lowest BCUT2D eigenvalue weighted by atomic mass is 9.78. The minimum atomic E-state index is -0.152. The van der Waals surface area contributed by atoms with Crippen LogP contribution in [0, 0.1) is 0 Å². The van der Waals surface area contributed by atoms with Gasteiger partial charge in [0, 0.05) is 44.7 Å². The van der Waals surface area contributed by atoms with Gasteiger partial charge in [0.1, 0.15) is 10.8 Å². The van der Waals surface area contributed by atoms with Gasteiger partial charge < -0.3 is 10.0 Å². The summed E-state index contributed by atoms with van der Waals surface area (Å²) in [6, 6.07) is 13.3. The highest BCUT2D eigenvalue weighted by Gasteiger charge is 2.27. The third-order valence-corrected chi connectivity index (χ3v) is 9.21. The number of aromatic hydroxyl groups is 1. The first-order valence-electron chi connectivity index (χ1n) is 13.5. The number of aromatic nitrogens is 1. The van der Waals surface area contributed by atoms with Gasteiger partial charge in [-0.1, -0.05) is 74.4 Å². The second-order valence-electron chi connectivity index (χ2n) is 12.3. The third-order valence-electron chi connectivity index (χ3n) is 6.81. The van der Waals surface area contributed by atoms with Crippen molar-refractivity contribution in [3.8, 4) is 16.3 Å². The Kier molecular flexibility index (Phi) is 9.58. The molecule has 0 radical (unpaired) electrons. The number of thiazole rings is 1. The van der Waals surface area contributed by atoms with Gasteiger partial charge in [0.25, 0.3) is 0 Å². The summed E-state index contributed by atoms with van der Waals surface area (Å²) in [6.07, 6.45) is 1.93. The summed E-state index contributed by atoms with van der Waals surface area (Å²) in [5.41, 5.74) is 5.36. The SMILES string of the molecule is CCc1sc(-c2cc(C(C)(C)C)c(O)c(C(C)(C)C)c2)nc1CC(C)Sc1ccc(CN(C)CC)cc1. The lowest BCUT2D eigenvalue weighted by molar-refractivity contribution is 0.345. The van der Waals surface area contributed by atoms with E-state index in [0.717, 1.165) is 47.6 Å². The summed E-state index contributed by atoms with van der Waals surface area (Å²) >= 11 is 3.74. The molecule has 0 bridgehead atoms. The van der Waals surface area contributed by atoms with E-state index in [1.807, 2.05) is 23.1 Å². The van der Waals surface area contributed by atoms with Gasteiger partial charge in [0.15, 0.2) is 0 Å². The maximum Gasteiger partial charge on any atom is 0.123 e. The number of hydrogen-bond acceptors (Lipinski definition) is 5. The van der Waals surface area contributed by atoms with Gasteiger partial charge in [-0.3, -0.25) is 0 Å². The van der Waals surface area contributed by atoms with E-state index in [9.17, 15) is 5.11 Å². The van der Waals surface area contributed by atoms with E-state index in [2.05, 4.69) is 111 Å². The number of benzene rings is 2. The van der Waals surface area contributed by atoms with Crippen LogP contribution in [0.5, 0.6) is 5.75 Å². The molecular formula is C32H46N2OS2. The Morgan fingerprint density at radius 1 is 0.973 bits per heavy atom. The van der Waals surface area contributed by atoms with E-state index in [1.54, 1.807) is 0 Å². The summed E-state index contributed by atoms with van der Waals surface area (Å²) in [7, 11) is 2.16. The number of phenolic OH excluding ortho intramolecular Hbond substituents is 1. The van der Waals surface area contributed by atoms with Crippen LogP contribution in [0.15, 0.2) is 41.3 Å². The lowest BCUT2D eigenvalue weighted by Gasteiger charge is -2.28. The van der Waals surface area contributed by atoms with Crippen molar-refractivity contribution in [3.63, 3.8) is 0 Å². The monoisotopic (exact) mass is 538 g/mol. The molecule has 0 aliphatic carbocycles. The van der Waals surface area contributed by atoms with Crippen molar-refractivity contribution in [2.45, 2.75) is 103 Å². The van der Waals surface area contributed by atoms with Crippen LogP contribution in [-0.2, 0) is 30.2 Å². The molecular weight excluding hydrogens is 492 g/mol. The first-order valence-corrected chi connectivity index (χ1v) is 15.2. The Balaban J connectivity index is 1.85. The molecule has 1 unspecified atom stereocenters. The van der Waals surface area contributed by atoms with Gasteiger partial charge in [-0.15, -0.1) is 23.1 Å². The molecule has 202 valence electrons. The van der Waals surface area contributed by atoms with Crippen molar-refractivity contribution in [3.05, 3.63) is 63.7 Å². The molecule has 0 aliphatic heterocycles. The van der Waals surface area contributed by atoms with Crippen molar-refractivity contribution in [1.82, 2.24) is 9.88 Å². The van der Waals surface area contributed by atoms with Gasteiger partial charge in [-0.25, -0.2) is 4.98 Å². The molecule has 3 nitrogen and oxygen atoms in total. The molecule has 1 heterocycles. The standard InChI is InChI=1S/C32H46N2OS2/c1-11-28-27(17-21(3)36-24-15-13-22(14-16-24)20-34(10)12-2)33-30(37-28)23-18-25(31(4,5)6)29(35)26(19-23)32(7,8)9/h13-16,18-19,21,35H,11-12,17,20H2,1-10H3. The predicted molar refractivity (Wildman–Crippen MR) is 163 cm³/mol. The second-order valence-corrected chi connectivity index (χ2v) is 14.9. The summed E-state index contributed by atoms with van der Waals surface area (Å²) in [5, 5.41) is 12.6. The zero-order chi connectivity index (χ0) is 27.5. The zero-order valence-electron chi connectivity index (χ0n) is 24.5. The van der Waals surface area contributed by atoms with Crippen LogP contribution in [0.3, 0.4) is 0 Å². The predicted octanol–water partition coefficient (Wildman–Crippen LogP) is 8.85. The van der Waals surface area contributed by atoms with Gasteiger partial charge in [-0.2, -0.15) is 0 Å². The van der Waals surface area contributed by atoms with Crippen LogP contribution in [0.2, 0.25) is 0 Å². The third kappa shape index (κ3) is 7.61. The van der Waals surface area contributed by atoms with Crippen LogP contribution in [-0.4, -0.2) is 33.8 Å². The summed E-state index contributed by atoms with van der Waals surface area (Å²) in [5.74, 6) is 0.425. The number of phenols is 1. The molecule has 3 aromatic rings. The summed E-state index contributed by atoms with van der Waals surface area (Å²) in [6.45, 7) is 21.7. The Morgan fingerprint density at radius 3 is 2.03 bits per heavy atom. The van der Waals surface area contributed by atoms with E-state index in [1.165, 1.54) is 21.0 Å². The van der Waals surface area contributed by atoms with Crippen LogP contribution in [0.25, 0.3) is 10.6 Å². The fraction of sp³-hybridized carbons (Fsp3) is 0.531. The molecule has 2 aromatic carbocycles. The van der Waals surface area contributed by atoms with Crippen molar-refractivity contribution >= 4 is 23.1 Å². The number of thioether (sulfide) groups is 1. The smallest absolute Gasteiger partial charge is 0.123 e. The molecule has 3 rings (SSSR count). The maximum atomic E-state index is 11.1. The fourth-order valence-electron chi connectivity index (χ4n) is 4.49. The van der Waals surface area contributed by atoms with E-state index in [-0.39, 0.29) is 10.8 Å². The molecule has 0 amide bonds. The van der Waals surface area contributed by atoms with Crippen LogP contribution in [0.1, 0.15) is 89.6 Å². The zero-order valence-corrected chi connectivity index (χ0v) is 26.2. The Hall–Kier alpha value is -1.82. The molecule has 1 atom stereocenters.